The minimum absolute atomic E-state index is 0.269. The first-order valence-electron chi connectivity index (χ1n) is 4.37. The monoisotopic (exact) mass is 277 g/mol. The number of nitriles is 1. The molecule has 1 aromatic heterocycles. The second-order valence-electron chi connectivity index (χ2n) is 3.07. The average molecular weight is 278 g/mol. The fourth-order valence-electron chi connectivity index (χ4n) is 1.32. The van der Waals surface area contributed by atoms with Gasteiger partial charge in [-0.15, -0.1) is 0 Å². The minimum atomic E-state index is -0.454. The second-order valence-corrected chi connectivity index (χ2v) is 3.82. The van der Waals surface area contributed by atoms with Gasteiger partial charge >= 0.3 is 0 Å². The SMILES string of the molecule is N#Cc1cc(F)cc(-c2cncnc2Br)c1. The van der Waals surface area contributed by atoms with Crippen molar-refractivity contribution in [1.29, 1.82) is 5.26 Å². The van der Waals surface area contributed by atoms with Crippen molar-refractivity contribution in [3.05, 3.63) is 46.7 Å². The molecule has 5 heteroatoms. The Bertz CT molecular complexity index is 578. The van der Waals surface area contributed by atoms with Crippen LogP contribution in [0, 0.1) is 17.1 Å². The molecule has 78 valence electrons. The lowest BCUT2D eigenvalue weighted by Gasteiger charge is -2.03. The lowest BCUT2D eigenvalue weighted by atomic mass is 10.1. The summed E-state index contributed by atoms with van der Waals surface area (Å²) in [6.07, 6.45) is 2.95. The van der Waals surface area contributed by atoms with E-state index in [1.807, 2.05) is 6.07 Å². The van der Waals surface area contributed by atoms with Gasteiger partial charge in [0.25, 0.3) is 0 Å². The van der Waals surface area contributed by atoms with Crippen LogP contribution in [0.3, 0.4) is 0 Å². The largest absolute Gasteiger partial charge is 0.244 e. The maximum atomic E-state index is 13.2. The van der Waals surface area contributed by atoms with E-state index in [0.717, 1.165) is 0 Å². The summed E-state index contributed by atoms with van der Waals surface area (Å²) in [6, 6.07) is 6.01. The van der Waals surface area contributed by atoms with Gasteiger partial charge in [0.2, 0.25) is 0 Å². The van der Waals surface area contributed by atoms with Gasteiger partial charge in [0.15, 0.2) is 0 Å². The van der Waals surface area contributed by atoms with E-state index in [0.29, 0.717) is 15.7 Å². The molecule has 0 aliphatic rings. The van der Waals surface area contributed by atoms with E-state index in [-0.39, 0.29) is 5.56 Å². The van der Waals surface area contributed by atoms with Gasteiger partial charge in [0.1, 0.15) is 16.7 Å². The number of benzene rings is 1. The van der Waals surface area contributed by atoms with Crippen LogP contribution >= 0.6 is 15.9 Å². The summed E-state index contributed by atoms with van der Waals surface area (Å²) < 4.78 is 13.8. The Morgan fingerprint density at radius 3 is 2.81 bits per heavy atom. The Morgan fingerprint density at radius 2 is 2.12 bits per heavy atom. The molecule has 0 fully saturated rings. The smallest absolute Gasteiger partial charge is 0.125 e. The van der Waals surface area contributed by atoms with Crippen molar-refractivity contribution in [2.45, 2.75) is 0 Å². The zero-order valence-corrected chi connectivity index (χ0v) is 9.57. The van der Waals surface area contributed by atoms with Gasteiger partial charge in [0, 0.05) is 11.8 Å². The Balaban J connectivity index is 2.61. The number of hydrogen-bond acceptors (Lipinski definition) is 3. The molecule has 2 aromatic rings. The lowest BCUT2D eigenvalue weighted by Crippen LogP contribution is -1.88. The number of nitrogens with zero attached hydrogens (tertiary/aromatic N) is 3. The zero-order valence-electron chi connectivity index (χ0n) is 7.98. The molecule has 0 aliphatic carbocycles. The van der Waals surface area contributed by atoms with Crippen LogP contribution in [-0.2, 0) is 0 Å². The Labute approximate surface area is 99.7 Å². The van der Waals surface area contributed by atoms with Crippen LogP contribution in [-0.4, -0.2) is 9.97 Å². The third-order valence-electron chi connectivity index (χ3n) is 2.00. The highest BCUT2D eigenvalue weighted by atomic mass is 79.9. The third kappa shape index (κ3) is 2.07. The molecule has 1 heterocycles. The highest BCUT2D eigenvalue weighted by Crippen LogP contribution is 2.26. The van der Waals surface area contributed by atoms with Crippen molar-refractivity contribution in [2.24, 2.45) is 0 Å². The van der Waals surface area contributed by atoms with Gasteiger partial charge in [-0.2, -0.15) is 5.26 Å². The molecule has 2 rings (SSSR count). The molecule has 0 spiro atoms. The molecule has 0 atom stereocenters. The molecule has 3 nitrogen and oxygen atoms in total. The number of rotatable bonds is 1. The highest BCUT2D eigenvalue weighted by Gasteiger charge is 2.07. The Morgan fingerprint density at radius 1 is 1.31 bits per heavy atom. The van der Waals surface area contributed by atoms with Crippen LogP contribution in [0.15, 0.2) is 35.3 Å². The van der Waals surface area contributed by atoms with Gasteiger partial charge in [0.05, 0.1) is 11.6 Å². The first-order chi connectivity index (χ1) is 7.70. The minimum Gasteiger partial charge on any atom is -0.244 e. The van der Waals surface area contributed by atoms with Crippen molar-refractivity contribution in [3.8, 4) is 17.2 Å². The van der Waals surface area contributed by atoms with E-state index < -0.39 is 5.82 Å². The van der Waals surface area contributed by atoms with E-state index in [9.17, 15) is 4.39 Å². The molecule has 0 saturated heterocycles. The van der Waals surface area contributed by atoms with Crippen molar-refractivity contribution in [2.75, 3.05) is 0 Å². The van der Waals surface area contributed by atoms with E-state index in [2.05, 4.69) is 25.9 Å². The van der Waals surface area contributed by atoms with Gasteiger partial charge in [-0.05, 0) is 39.7 Å². The molecule has 16 heavy (non-hydrogen) atoms. The second kappa shape index (κ2) is 4.37. The number of aromatic nitrogens is 2. The summed E-state index contributed by atoms with van der Waals surface area (Å²) >= 11 is 3.25. The van der Waals surface area contributed by atoms with Gasteiger partial charge < -0.3 is 0 Å². The van der Waals surface area contributed by atoms with Crippen LogP contribution in [0.4, 0.5) is 4.39 Å². The highest BCUT2D eigenvalue weighted by molar-refractivity contribution is 9.10. The topological polar surface area (TPSA) is 49.6 Å². The van der Waals surface area contributed by atoms with Crippen LogP contribution in [0.25, 0.3) is 11.1 Å². The van der Waals surface area contributed by atoms with Crippen LogP contribution < -0.4 is 0 Å². The molecule has 0 bridgehead atoms. The standard InChI is InChI=1S/C11H5BrFN3/c12-11-10(5-15-6-16-11)8-1-7(4-14)2-9(13)3-8/h1-3,5-6H. The molecular formula is C11H5BrFN3. The van der Waals surface area contributed by atoms with E-state index in [4.69, 9.17) is 5.26 Å². The summed E-state index contributed by atoms with van der Waals surface area (Å²) in [6.45, 7) is 0. The van der Waals surface area contributed by atoms with Crippen molar-refractivity contribution in [1.82, 2.24) is 9.97 Å². The number of halogens is 2. The van der Waals surface area contributed by atoms with Crippen molar-refractivity contribution in [3.63, 3.8) is 0 Å². The van der Waals surface area contributed by atoms with Gasteiger partial charge in [-0.25, -0.2) is 14.4 Å². The maximum Gasteiger partial charge on any atom is 0.125 e. The maximum absolute atomic E-state index is 13.2. The summed E-state index contributed by atoms with van der Waals surface area (Å²) in [5, 5.41) is 8.74. The van der Waals surface area contributed by atoms with Crippen LogP contribution in [0.1, 0.15) is 5.56 Å². The quantitative estimate of drug-likeness (QED) is 0.753. The normalized spacial score (nSPS) is 9.81. The third-order valence-corrected chi connectivity index (χ3v) is 2.63. The molecule has 0 N–H and O–H groups in total. The summed E-state index contributed by atoms with van der Waals surface area (Å²) in [4.78, 5) is 7.80. The van der Waals surface area contributed by atoms with Crippen LogP contribution in [0.2, 0.25) is 0 Å². The van der Waals surface area contributed by atoms with Crippen molar-refractivity contribution >= 4 is 15.9 Å². The van der Waals surface area contributed by atoms with Gasteiger partial charge in [-0.3, -0.25) is 0 Å². The fraction of sp³-hybridized carbons (Fsp3) is 0. The van der Waals surface area contributed by atoms with E-state index >= 15 is 0 Å². The van der Waals surface area contributed by atoms with Crippen molar-refractivity contribution < 1.29 is 4.39 Å². The molecule has 1 aromatic carbocycles. The Kier molecular flexibility index (Phi) is 2.93. The molecule has 0 unspecified atom stereocenters. The molecule has 0 amide bonds. The fourth-order valence-corrected chi connectivity index (χ4v) is 1.74. The summed E-state index contributed by atoms with van der Waals surface area (Å²) in [5.74, 6) is -0.454. The first kappa shape index (κ1) is 10.7. The summed E-state index contributed by atoms with van der Waals surface area (Å²) in [5.41, 5.74) is 1.49. The average Bonchev–Trinajstić information content (AvgIpc) is 2.28. The molecule has 0 aliphatic heterocycles. The predicted octanol–water partition coefficient (Wildman–Crippen LogP) is 2.92. The Hall–Kier alpha value is -1.80. The number of hydrogen-bond donors (Lipinski definition) is 0. The predicted molar refractivity (Wildman–Crippen MR) is 59.8 cm³/mol. The zero-order chi connectivity index (χ0) is 11.5. The summed E-state index contributed by atoms with van der Waals surface area (Å²) in [7, 11) is 0. The lowest BCUT2D eigenvalue weighted by molar-refractivity contribution is 0.628. The molecule has 0 radical (unpaired) electrons. The van der Waals surface area contributed by atoms with E-state index in [1.165, 1.54) is 18.5 Å². The molecule has 0 saturated carbocycles. The van der Waals surface area contributed by atoms with Gasteiger partial charge in [-0.1, -0.05) is 0 Å². The molecular weight excluding hydrogens is 273 g/mol. The first-order valence-corrected chi connectivity index (χ1v) is 5.16. The van der Waals surface area contributed by atoms with E-state index in [1.54, 1.807) is 12.3 Å². The van der Waals surface area contributed by atoms with Crippen LogP contribution in [0.5, 0.6) is 0 Å².